The summed E-state index contributed by atoms with van der Waals surface area (Å²) in [4.78, 5) is 4.46. The number of hydrogen-bond donors (Lipinski definition) is 0. The Bertz CT molecular complexity index is 1240. The predicted octanol–water partition coefficient (Wildman–Crippen LogP) is 6.74. The third kappa shape index (κ3) is 3.76. The van der Waals surface area contributed by atoms with Gasteiger partial charge in [0.1, 0.15) is 12.4 Å². The van der Waals surface area contributed by atoms with Crippen molar-refractivity contribution in [2.45, 2.75) is 6.61 Å². The molecule has 0 bridgehead atoms. The van der Waals surface area contributed by atoms with E-state index in [1.807, 2.05) is 60.7 Å². The van der Waals surface area contributed by atoms with Crippen molar-refractivity contribution in [1.82, 2.24) is 4.98 Å². The Labute approximate surface area is 169 Å². The van der Waals surface area contributed by atoms with Gasteiger partial charge >= 0.3 is 0 Å². The van der Waals surface area contributed by atoms with Crippen LogP contribution >= 0.6 is 0 Å². The zero-order valence-corrected chi connectivity index (χ0v) is 15.8. The maximum absolute atomic E-state index is 5.98. The summed E-state index contributed by atoms with van der Waals surface area (Å²) in [5.74, 6) is 2.25. The molecule has 0 unspecified atom stereocenters. The van der Waals surface area contributed by atoms with Crippen LogP contribution in [-0.2, 0) is 6.61 Å². The van der Waals surface area contributed by atoms with Gasteiger partial charge < -0.3 is 9.15 Å². The van der Waals surface area contributed by atoms with Crippen molar-refractivity contribution < 1.29 is 9.15 Å². The molecule has 0 aliphatic carbocycles. The first-order valence-corrected chi connectivity index (χ1v) is 9.57. The number of benzene rings is 4. The minimum absolute atomic E-state index is 0.559. The maximum atomic E-state index is 5.98. The van der Waals surface area contributed by atoms with Crippen molar-refractivity contribution in [3.05, 3.63) is 109 Å². The van der Waals surface area contributed by atoms with E-state index in [4.69, 9.17) is 9.15 Å². The average molecular weight is 377 g/mol. The number of oxazole rings is 1. The molecule has 0 saturated carbocycles. The predicted molar refractivity (Wildman–Crippen MR) is 116 cm³/mol. The minimum atomic E-state index is 0.559. The first-order valence-electron chi connectivity index (χ1n) is 9.57. The molecule has 0 fully saturated rings. The fraction of sp³-hybridized carbons (Fsp3) is 0.0385. The van der Waals surface area contributed by atoms with Gasteiger partial charge in [-0.1, -0.05) is 72.8 Å². The molecule has 0 amide bonds. The molecule has 4 aromatic carbocycles. The Morgan fingerprint density at radius 2 is 1.41 bits per heavy atom. The lowest BCUT2D eigenvalue weighted by molar-refractivity contribution is 0.306. The second-order valence-electron chi connectivity index (χ2n) is 6.89. The molecule has 0 saturated heterocycles. The van der Waals surface area contributed by atoms with Crippen LogP contribution in [0.1, 0.15) is 5.56 Å². The van der Waals surface area contributed by atoms with Gasteiger partial charge in [0.15, 0.2) is 5.76 Å². The lowest BCUT2D eigenvalue weighted by atomic mass is 10.1. The van der Waals surface area contributed by atoms with Gasteiger partial charge in [0, 0.05) is 11.1 Å². The van der Waals surface area contributed by atoms with Crippen molar-refractivity contribution in [1.29, 1.82) is 0 Å². The molecular weight excluding hydrogens is 358 g/mol. The fourth-order valence-electron chi connectivity index (χ4n) is 3.33. The average Bonchev–Trinajstić information content (AvgIpc) is 3.29. The van der Waals surface area contributed by atoms with Gasteiger partial charge in [-0.25, -0.2) is 4.98 Å². The smallest absolute Gasteiger partial charge is 0.226 e. The second kappa shape index (κ2) is 7.64. The summed E-state index contributed by atoms with van der Waals surface area (Å²) in [6.07, 6.45) is 1.77. The summed E-state index contributed by atoms with van der Waals surface area (Å²) >= 11 is 0. The van der Waals surface area contributed by atoms with Crippen LogP contribution in [0.3, 0.4) is 0 Å². The Balaban J connectivity index is 1.38. The summed E-state index contributed by atoms with van der Waals surface area (Å²) in [7, 11) is 0. The van der Waals surface area contributed by atoms with Gasteiger partial charge in [-0.2, -0.15) is 0 Å². The van der Waals surface area contributed by atoms with Gasteiger partial charge in [-0.05, 0) is 40.6 Å². The molecule has 0 N–H and O–H groups in total. The summed E-state index contributed by atoms with van der Waals surface area (Å²) < 4.78 is 11.9. The minimum Gasteiger partial charge on any atom is -0.489 e. The van der Waals surface area contributed by atoms with Crippen LogP contribution in [0.4, 0.5) is 0 Å². The zero-order valence-electron chi connectivity index (χ0n) is 15.8. The van der Waals surface area contributed by atoms with Crippen LogP contribution < -0.4 is 4.74 Å². The highest BCUT2D eigenvalue weighted by Gasteiger charge is 2.09. The molecule has 0 aliphatic heterocycles. The number of nitrogens with zero attached hydrogens (tertiary/aromatic N) is 1. The van der Waals surface area contributed by atoms with E-state index in [9.17, 15) is 0 Å². The van der Waals surface area contributed by atoms with Gasteiger partial charge in [-0.15, -0.1) is 0 Å². The summed E-state index contributed by atoms with van der Waals surface area (Å²) in [6.45, 7) is 0.559. The Kier molecular flexibility index (Phi) is 4.55. The van der Waals surface area contributed by atoms with Crippen molar-refractivity contribution in [2.75, 3.05) is 0 Å². The lowest BCUT2D eigenvalue weighted by Crippen LogP contribution is -1.94. The first-order chi connectivity index (χ1) is 14.3. The summed E-state index contributed by atoms with van der Waals surface area (Å²) in [5.41, 5.74) is 3.13. The number of aromatic nitrogens is 1. The van der Waals surface area contributed by atoms with E-state index < -0.39 is 0 Å². The van der Waals surface area contributed by atoms with Gasteiger partial charge in [0.05, 0.1) is 6.20 Å². The van der Waals surface area contributed by atoms with Gasteiger partial charge in [-0.3, -0.25) is 0 Å². The van der Waals surface area contributed by atoms with Crippen LogP contribution in [0.2, 0.25) is 0 Å². The lowest BCUT2D eigenvalue weighted by Gasteiger charge is -2.08. The highest BCUT2D eigenvalue weighted by molar-refractivity contribution is 5.87. The standard InChI is InChI=1S/C26H19NO2/c1-3-7-19(8-4-1)18-28-24-14-13-21-15-23(12-11-22(21)16-24)26-27-17-25(29-26)20-9-5-2-6-10-20/h1-17H,18H2. The van der Waals surface area contributed by atoms with Crippen molar-refractivity contribution >= 4 is 10.8 Å². The largest absolute Gasteiger partial charge is 0.489 e. The number of ether oxygens (including phenoxy) is 1. The molecule has 0 aliphatic rings. The highest BCUT2D eigenvalue weighted by Crippen LogP contribution is 2.29. The summed E-state index contributed by atoms with van der Waals surface area (Å²) in [5, 5.41) is 2.24. The quantitative estimate of drug-likeness (QED) is 0.340. The molecule has 29 heavy (non-hydrogen) atoms. The normalized spacial score (nSPS) is 10.9. The van der Waals surface area contributed by atoms with E-state index >= 15 is 0 Å². The van der Waals surface area contributed by atoms with E-state index in [0.29, 0.717) is 12.5 Å². The van der Waals surface area contributed by atoms with E-state index in [2.05, 4.69) is 41.4 Å². The molecule has 140 valence electrons. The van der Waals surface area contributed by atoms with Crippen molar-refractivity contribution in [2.24, 2.45) is 0 Å². The number of rotatable bonds is 5. The SMILES string of the molecule is c1ccc(COc2ccc3cc(-c4ncc(-c5ccccc5)o4)ccc3c2)cc1. The Morgan fingerprint density at radius 1 is 0.690 bits per heavy atom. The molecule has 0 atom stereocenters. The fourth-order valence-corrected chi connectivity index (χ4v) is 3.33. The number of fused-ring (bicyclic) bond motifs is 1. The molecule has 1 aromatic heterocycles. The zero-order chi connectivity index (χ0) is 19.5. The van der Waals surface area contributed by atoms with E-state index in [-0.39, 0.29) is 0 Å². The van der Waals surface area contributed by atoms with E-state index in [1.165, 1.54) is 0 Å². The van der Waals surface area contributed by atoms with Gasteiger partial charge in [0.2, 0.25) is 5.89 Å². The molecule has 5 rings (SSSR count). The molecule has 5 aromatic rings. The molecule has 0 radical (unpaired) electrons. The molecule has 0 spiro atoms. The van der Waals surface area contributed by atoms with Crippen LogP contribution in [0.15, 0.2) is 108 Å². The molecule has 3 nitrogen and oxygen atoms in total. The van der Waals surface area contributed by atoms with Crippen LogP contribution in [0.25, 0.3) is 33.6 Å². The van der Waals surface area contributed by atoms with Gasteiger partial charge in [0.25, 0.3) is 0 Å². The third-order valence-corrected chi connectivity index (χ3v) is 4.87. The molecular formula is C26H19NO2. The van der Waals surface area contributed by atoms with Crippen LogP contribution in [0, 0.1) is 0 Å². The van der Waals surface area contributed by atoms with Crippen LogP contribution in [0.5, 0.6) is 5.75 Å². The molecule has 3 heteroatoms. The number of hydrogen-bond acceptors (Lipinski definition) is 3. The van der Waals surface area contributed by atoms with Crippen molar-refractivity contribution in [3.63, 3.8) is 0 Å². The van der Waals surface area contributed by atoms with Crippen LogP contribution in [-0.4, -0.2) is 4.98 Å². The van der Waals surface area contributed by atoms with Crippen molar-refractivity contribution in [3.8, 4) is 28.5 Å². The highest BCUT2D eigenvalue weighted by atomic mass is 16.5. The third-order valence-electron chi connectivity index (χ3n) is 4.87. The topological polar surface area (TPSA) is 35.3 Å². The maximum Gasteiger partial charge on any atom is 0.226 e. The monoisotopic (exact) mass is 377 g/mol. The van der Waals surface area contributed by atoms with E-state index in [1.54, 1.807) is 6.20 Å². The second-order valence-corrected chi connectivity index (χ2v) is 6.89. The van der Waals surface area contributed by atoms with E-state index in [0.717, 1.165) is 39.0 Å². The summed E-state index contributed by atoms with van der Waals surface area (Å²) in [6, 6.07) is 32.5. The molecule has 1 heterocycles. The Morgan fingerprint density at radius 3 is 2.24 bits per heavy atom. The first kappa shape index (κ1) is 17.3. The Hall–Kier alpha value is -3.85.